The first kappa shape index (κ1) is 22.0. The zero-order valence-electron chi connectivity index (χ0n) is 16.2. The third kappa shape index (κ3) is 5.85. The lowest BCUT2D eigenvalue weighted by Gasteiger charge is -2.23. The van der Waals surface area contributed by atoms with E-state index in [1.165, 1.54) is 13.8 Å². The van der Waals surface area contributed by atoms with Crippen LogP contribution in [-0.4, -0.2) is 58.7 Å². The number of carbonyl (C=O) groups is 4. The average molecular weight is 411 g/mol. The van der Waals surface area contributed by atoms with E-state index in [9.17, 15) is 24.0 Å². The molecule has 1 aromatic heterocycles. The summed E-state index contributed by atoms with van der Waals surface area (Å²) in [6.45, 7) is 4.43. The fraction of sp³-hybridized carbons (Fsp3) is 0.529. The Labute approximate surface area is 164 Å². The number of amides is 1. The maximum atomic E-state index is 12.5. The maximum Gasteiger partial charge on any atom is 0.303 e. The molecule has 1 saturated heterocycles. The number of anilines is 1. The van der Waals surface area contributed by atoms with Crippen LogP contribution < -0.4 is 10.9 Å². The van der Waals surface area contributed by atoms with Crippen molar-refractivity contribution in [1.29, 1.82) is 0 Å². The minimum Gasteiger partial charge on any atom is -0.463 e. The third-order valence-electron chi connectivity index (χ3n) is 3.79. The monoisotopic (exact) mass is 411 g/mol. The number of carbonyl (C=O) groups excluding carboxylic acids is 4. The number of esters is 3. The number of rotatable bonds is 6. The summed E-state index contributed by atoms with van der Waals surface area (Å²) in [5.41, 5.74) is -0.701. The summed E-state index contributed by atoms with van der Waals surface area (Å²) in [7, 11) is 0. The average Bonchev–Trinajstić information content (AvgIpc) is 2.89. The predicted molar refractivity (Wildman–Crippen MR) is 94.5 cm³/mol. The summed E-state index contributed by atoms with van der Waals surface area (Å²) in [5, 5.41) is 2.32. The van der Waals surface area contributed by atoms with Crippen molar-refractivity contribution in [2.24, 2.45) is 0 Å². The van der Waals surface area contributed by atoms with Crippen molar-refractivity contribution in [2.75, 3.05) is 11.9 Å². The van der Waals surface area contributed by atoms with E-state index in [4.69, 9.17) is 18.9 Å². The Balaban J connectivity index is 2.40. The van der Waals surface area contributed by atoms with Gasteiger partial charge in [-0.25, -0.2) is 4.98 Å². The molecule has 0 bridgehead atoms. The molecule has 4 atom stereocenters. The summed E-state index contributed by atoms with van der Waals surface area (Å²) < 4.78 is 21.1. The summed E-state index contributed by atoms with van der Waals surface area (Å²) in [4.78, 5) is 64.1. The van der Waals surface area contributed by atoms with Gasteiger partial charge in [-0.1, -0.05) is 0 Å². The van der Waals surface area contributed by atoms with Gasteiger partial charge in [0.15, 0.2) is 12.2 Å². The molecule has 2 rings (SSSR count). The number of hydrogen-bond acceptors (Lipinski definition) is 10. The largest absolute Gasteiger partial charge is 0.463 e. The number of H-pyrrole nitrogens is 1. The Kier molecular flexibility index (Phi) is 7.04. The van der Waals surface area contributed by atoms with Crippen molar-refractivity contribution >= 4 is 29.8 Å². The Hall–Kier alpha value is -3.28. The summed E-state index contributed by atoms with van der Waals surface area (Å²) in [5.74, 6) is -2.50. The molecule has 29 heavy (non-hydrogen) atoms. The van der Waals surface area contributed by atoms with Crippen molar-refractivity contribution in [3.8, 4) is 0 Å². The number of nitrogens with one attached hydrogen (secondary N) is 2. The van der Waals surface area contributed by atoms with Crippen molar-refractivity contribution in [3.05, 3.63) is 22.1 Å². The minimum atomic E-state index is -1.19. The molecule has 158 valence electrons. The molecule has 1 amide bonds. The van der Waals surface area contributed by atoms with Gasteiger partial charge >= 0.3 is 17.9 Å². The molecule has 1 fully saturated rings. The second kappa shape index (κ2) is 9.28. The van der Waals surface area contributed by atoms with Gasteiger partial charge in [-0.05, 0) is 0 Å². The highest BCUT2D eigenvalue weighted by Crippen LogP contribution is 2.36. The van der Waals surface area contributed by atoms with Gasteiger partial charge in [-0.3, -0.25) is 34.3 Å². The Bertz CT molecular complexity index is 866. The van der Waals surface area contributed by atoms with Crippen molar-refractivity contribution in [3.63, 3.8) is 0 Å². The fourth-order valence-corrected chi connectivity index (χ4v) is 2.80. The third-order valence-corrected chi connectivity index (χ3v) is 3.79. The lowest BCUT2D eigenvalue weighted by Crippen LogP contribution is -2.40. The second-order valence-corrected chi connectivity index (χ2v) is 6.24. The zero-order valence-corrected chi connectivity index (χ0v) is 16.2. The van der Waals surface area contributed by atoms with Gasteiger partial charge in [0.1, 0.15) is 18.8 Å². The Morgan fingerprint density at radius 2 is 1.69 bits per heavy atom. The van der Waals surface area contributed by atoms with Gasteiger partial charge in [0.05, 0.1) is 5.56 Å². The number of ether oxygens (including phenoxy) is 4. The molecule has 2 heterocycles. The summed E-state index contributed by atoms with van der Waals surface area (Å²) in [6, 6.07) is 0. The van der Waals surface area contributed by atoms with E-state index in [-0.39, 0.29) is 18.1 Å². The van der Waals surface area contributed by atoms with Gasteiger partial charge in [0.2, 0.25) is 11.9 Å². The van der Waals surface area contributed by atoms with Crippen LogP contribution in [0, 0.1) is 0 Å². The minimum absolute atomic E-state index is 0.0344. The molecule has 12 nitrogen and oxygen atoms in total. The second-order valence-electron chi connectivity index (χ2n) is 6.24. The van der Waals surface area contributed by atoms with E-state index < -0.39 is 53.8 Å². The highest BCUT2D eigenvalue weighted by molar-refractivity contribution is 5.86. The molecule has 1 aliphatic rings. The van der Waals surface area contributed by atoms with E-state index in [1.54, 1.807) is 0 Å². The molecule has 2 N–H and O–H groups in total. The topological polar surface area (TPSA) is 163 Å². The van der Waals surface area contributed by atoms with Crippen LogP contribution >= 0.6 is 0 Å². The van der Waals surface area contributed by atoms with Crippen LogP contribution in [0.4, 0.5) is 5.95 Å². The molecular formula is C17H21N3O9. The van der Waals surface area contributed by atoms with Crippen LogP contribution in [0.5, 0.6) is 0 Å². The van der Waals surface area contributed by atoms with Gasteiger partial charge in [0, 0.05) is 33.9 Å². The van der Waals surface area contributed by atoms with Crippen molar-refractivity contribution < 1.29 is 38.1 Å². The van der Waals surface area contributed by atoms with Gasteiger partial charge < -0.3 is 18.9 Å². The quantitative estimate of drug-likeness (QED) is 0.465. The number of aromatic nitrogens is 2. The highest BCUT2D eigenvalue weighted by atomic mass is 16.6. The molecule has 0 saturated carbocycles. The highest BCUT2D eigenvalue weighted by Gasteiger charge is 2.51. The van der Waals surface area contributed by atoms with E-state index in [2.05, 4.69) is 15.3 Å². The van der Waals surface area contributed by atoms with Crippen LogP contribution in [0.15, 0.2) is 11.0 Å². The molecule has 1 aliphatic heterocycles. The van der Waals surface area contributed by atoms with Crippen LogP contribution in [0.3, 0.4) is 0 Å². The first-order valence-corrected chi connectivity index (χ1v) is 8.58. The Morgan fingerprint density at radius 3 is 2.21 bits per heavy atom. The summed E-state index contributed by atoms with van der Waals surface area (Å²) in [6.07, 6.45) is -3.33. The molecule has 0 aromatic carbocycles. The molecular weight excluding hydrogens is 390 g/mol. The zero-order chi connectivity index (χ0) is 21.7. The fourth-order valence-electron chi connectivity index (χ4n) is 2.80. The Morgan fingerprint density at radius 1 is 1.07 bits per heavy atom. The van der Waals surface area contributed by atoms with Gasteiger partial charge in [0.25, 0.3) is 5.56 Å². The van der Waals surface area contributed by atoms with E-state index >= 15 is 0 Å². The lowest BCUT2D eigenvalue weighted by molar-refractivity contribution is -0.165. The smallest absolute Gasteiger partial charge is 0.303 e. The number of aromatic amines is 1. The predicted octanol–water partition coefficient (Wildman–Crippen LogP) is -0.405. The van der Waals surface area contributed by atoms with Crippen molar-refractivity contribution in [1.82, 2.24) is 9.97 Å². The lowest BCUT2D eigenvalue weighted by atomic mass is 10.0. The first-order chi connectivity index (χ1) is 13.6. The van der Waals surface area contributed by atoms with Gasteiger partial charge in [-0.2, -0.15) is 0 Å². The van der Waals surface area contributed by atoms with E-state index in [0.717, 1.165) is 20.0 Å². The standard InChI is InChI=1S/C17H21N3O9/c1-7(21)19-17-18-5-11(16(25)20-17)13-15(28-10(4)24)14(27-9(3)23)12(29-13)6-26-8(2)22/h5,12-15H,6H2,1-4H3,(H2,18,19,20,21,25)/t12-,13+,14?,15-/m1/s1. The van der Waals surface area contributed by atoms with E-state index in [0.29, 0.717) is 0 Å². The molecule has 12 heteroatoms. The first-order valence-electron chi connectivity index (χ1n) is 8.58. The molecule has 1 aromatic rings. The number of nitrogens with zero attached hydrogens (tertiary/aromatic N) is 1. The van der Waals surface area contributed by atoms with E-state index in [1.807, 2.05) is 0 Å². The summed E-state index contributed by atoms with van der Waals surface area (Å²) >= 11 is 0. The van der Waals surface area contributed by atoms with Gasteiger partial charge in [-0.15, -0.1) is 0 Å². The molecule has 0 spiro atoms. The molecule has 0 radical (unpaired) electrons. The SMILES string of the molecule is CC(=O)Nc1ncc([C@@H]2O[C@H](COC(C)=O)C(OC(C)=O)[C@@H]2OC(C)=O)c(=O)[nH]1. The molecule has 1 unspecified atom stereocenters. The van der Waals surface area contributed by atoms with Crippen LogP contribution in [0.25, 0.3) is 0 Å². The van der Waals surface area contributed by atoms with Crippen molar-refractivity contribution in [2.45, 2.75) is 52.1 Å². The molecule has 0 aliphatic carbocycles. The van der Waals surface area contributed by atoms with Crippen LogP contribution in [0.2, 0.25) is 0 Å². The number of hydrogen-bond donors (Lipinski definition) is 2. The normalized spacial score (nSPS) is 23.2. The maximum absolute atomic E-state index is 12.5. The van der Waals surface area contributed by atoms with Crippen LogP contribution in [-0.2, 0) is 38.1 Å². The van der Waals surface area contributed by atoms with Crippen LogP contribution in [0.1, 0.15) is 39.4 Å².